The molecule has 1 saturated heterocycles. The van der Waals surface area contributed by atoms with Gasteiger partial charge in [0.2, 0.25) is 0 Å². The maximum absolute atomic E-state index is 11.8. The topological polar surface area (TPSA) is 82.4 Å². The Balaban J connectivity index is 1.70. The van der Waals surface area contributed by atoms with Crippen molar-refractivity contribution in [2.45, 2.75) is 12.8 Å². The van der Waals surface area contributed by atoms with Gasteiger partial charge in [-0.3, -0.25) is 9.59 Å². The molecule has 25 heavy (non-hydrogen) atoms. The van der Waals surface area contributed by atoms with Crippen LogP contribution in [-0.2, 0) is 14.3 Å². The molecular weight excluding hydrogens is 382 g/mol. The molecule has 1 aliphatic rings. The molecule has 0 bridgehead atoms. The van der Waals surface area contributed by atoms with Crippen molar-refractivity contribution in [1.82, 2.24) is 4.90 Å². The summed E-state index contributed by atoms with van der Waals surface area (Å²) >= 11 is 12.4. The number of thioether (sulfide) groups is 1. The molecule has 0 atom stereocenters. The van der Waals surface area contributed by atoms with Crippen LogP contribution in [-0.4, -0.2) is 46.5 Å². The number of ether oxygens (including phenoxy) is 1. The Morgan fingerprint density at radius 1 is 1.40 bits per heavy atom. The third-order valence-electron chi connectivity index (χ3n) is 3.42. The summed E-state index contributed by atoms with van der Waals surface area (Å²) in [5.41, 5.74) is 0.742. The number of amides is 1. The Morgan fingerprint density at radius 2 is 2.12 bits per heavy atom. The van der Waals surface area contributed by atoms with Crippen LogP contribution in [0.4, 0.5) is 5.69 Å². The fourth-order valence-electron chi connectivity index (χ4n) is 2.18. The van der Waals surface area contributed by atoms with Crippen molar-refractivity contribution < 1.29 is 14.3 Å². The van der Waals surface area contributed by atoms with E-state index in [0.717, 1.165) is 25.9 Å². The second-order valence-electron chi connectivity index (χ2n) is 5.26. The summed E-state index contributed by atoms with van der Waals surface area (Å²) < 4.78 is 5.62. The van der Waals surface area contributed by atoms with Gasteiger partial charge in [0.1, 0.15) is 10.4 Å². The molecule has 0 aliphatic carbocycles. The quantitative estimate of drug-likeness (QED) is 0.604. The number of esters is 1. The van der Waals surface area contributed by atoms with Crippen LogP contribution in [0.15, 0.2) is 18.2 Å². The van der Waals surface area contributed by atoms with Crippen LogP contribution < -0.4 is 5.32 Å². The molecule has 2 rings (SSSR count). The SMILES string of the molecule is N#Cc1ccc(NC(=O)COC(=O)CSC(=S)N2CCCC2)cc1Cl. The van der Waals surface area contributed by atoms with E-state index in [2.05, 4.69) is 10.2 Å². The van der Waals surface area contributed by atoms with Crippen LogP contribution in [0, 0.1) is 11.3 Å². The van der Waals surface area contributed by atoms with Gasteiger partial charge in [-0.2, -0.15) is 5.26 Å². The highest BCUT2D eigenvalue weighted by atomic mass is 35.5. The van der Waals surface area contributed by atoms with Gasteiger partial charge in [-0.25, -0.2) is 0 Å². The van der Waals surface area contributed by atoms with E-state index in [-0.39, 0.29) is 10.8 Å². The van der Waals surface area contributed by atoms with Crippen molar-refractivity contribution in [2.75, 3.05) is 30.8 Å². The number of thiocarbonyl (C=S) groups is 1. The zero-order valence-electron chi connectivity index (χ0n) is 13.3. The molecule has 1 aromatic rings. The molecule has 1 N–H and O–H groups in total. The third kappa shape index (κ3) is 6.20. The van der Waals surface area contributed by atoms with Crippen LogP contribution in [0.2, 0.25) is 5.02 Å². The normalized spacial score (nSPS) is 13.2. The lowest BCUT2D eigenvalue weighted by molar-refractivity contribution is -0.144. The van der Waals surface area contributed by atoms with Crippen molar-refractivity contribution in [2.24, 2.45) is 0 Å². The summed E-state index contributed by atoms with van der Waals surface area (Å²) in [5.74, 6) is -0.911. The minimum absolute atomic E-state index is 0.0747. The summed E-state index contributed by atoms with van der Waals surface area (Å²) in [4.78, 5) is 25.6. The lowest BCUT2D eigenvalue weighted by Gasteiger charge is -2.17. The molecular formula is C16H16ClN3O3S2. The number of anilines is 1. The molecule has 1 aliphatic heterocycles. The average Bonchev–Trinajstić information content (AvgIpc) is 3.12. The molecule has 6 nitrogen and oxygen atoms in total. The first-order chi connectivity index (χ1) is 12.0. The van der Waals surface area contributed by atoms with Crippen molar-refractivity contribution in [1.29, 1.82) is 5.26 Å². The maximum Gasteiger partial charge on any atom is 0.316 e. The van der Waals surface area contributed by atoms with Gasteiger partial charge in [-0.1, -0.05) is 35.6 Å². The average molecular weight is 398 g/mol. The summed E-state index contributed by atoms with van der Waals surface area (Å²) in [5, 5.41) is 11.6. The highest BCUT2D eigenvalue weighted by Crippen LogP contribution is 2.20. The molecule has 1 amide bonds. The molecule has 9 heteroatoms. The van der Waals surface area contributed by atoms with Crippen molar-refractivity contribution in [3.05, 3.63) is 28.8 Å². The van der Waals surface area contributed by atoms with Gasteiger partial charge < -0.3 is 15.0 Å². The zero-order valence-corrected chi connectivity index (χ0v) is 15.7. The van der Waals surface area contributed by atoms with E-state index >= 15 is 0 Å². The number of likely N-dealkylation sites (tertiary alicyclic amines) is 1. The first-order valence-electron chi connectivity index (χ1n) is 7.56. The Kier molecular flexibility index (Phi) is 7.50. The van der Waals surface area contributed by atoms with Crippen LogP contribution in [0.3, 0.4) is 0 Å². The van der Waals surface area contributed by atoms with E-state index in [1.807, 2.05) is 6.07 Å². The van der Waals surface area contributed by atoms with E-state index in [0.29, 0.717) is 15.6 Å². The molecule has 0 unspecified atom stereocenters. The number of carbonyl (C=O) groups is 2. The highest BCUT2D eigenvalue weighted by Gasteiger charge is 2.17. The Labute approximate surface area is 160 Å². The lowest BCUT2D eigenvalue weighted by Crippen LogP contribution is -2.25. The van der Waals surface area contributed by atoms with Gasteiger partial charge in [-0.15, -0.1) is 0 Å². The number of hydrogen-bond donors (Lipinski definition) is 1. The standard InChI is InChI=1S/C16H16ClN3O3S2/c17-13-7-12(4-3-11(13)8-18)19-14(21)9-23-15(22)10-25-16(24)20-5-1-2-6-20/h3-4,7H,1-2,5-6,9-10H2,(H,19,21). The van der Waals surface area contributed by atoms with Crippen LogP contribution >= 0.6 is 35.6 Å². The molecule has 1 heterocycles. The molecule has 0 saturated carbocycles. The van der Waals surface area contributed by atoms with Crippen LogP contribution in [0.1, 0.15) is 18.4 Å². The number of halogens is 1. The van der Waals surface area contributed by atoms with Gasteiger partial charge in [0.25, 0.3) is 5.91 Å². The molecule has 1 aromatic carbocycles. The second-order valence-corrected chi connectivity index (χ2v) is 7.28. The number of rotatable bonds is 5. The van der Waals surface area contributed by atoms with E-state index < -0.39 is 18.5 Å². The Bertz CT molecular complexity index is 715. The second kappa shape index (κ2) is 9.61. The van der Waals surface area contributed by atoms with Gasteiger partial charge in [0, 0.05) is 18.8 Å². The minimum atomic E-state index is -0.500. The van der Waals surface area contributed by atoms with Crippen LogP contribution in [0.5, 0.6) is 0 Å². The number of benzene rings is 1. The van der Waals surface area contributed by atoms with Gasteiger partial charge in [-0.05, 0) is 31.0 Å². The van der Waals surface area contributed by atoms with Gasteiger partial charge >= 0.3 is 5.97 Å². The van der Waals surface area contributed by atoms with Crippen LogP contribution in [0.25, 0.3) is 0 Å². The summed E-state index contributed by atoms with van der Waals surface area (Å²) in [6.07, 6.45) is 2.23. The number of hydrogen-bond acceptors (Lipinski definition) is 6. The van der Waals surface area contributed by atoms with Gasteiger partial charge in [0.05, 0.1) is 16.3 Å². The molecule has 0 radical (unpaired) electrons. The van der Waals surface area contributed by atoms with Crippen molar-refractivity contribution in [3.8, 4) is 6.07 Å². The summed E-state index contributed by atoms with van der Waals surface area (Å²) in [6, 6.07) is 6.44. The number of carbonyl (C=O) groups excluding carboxylic acids is 2. The third-order valence-corrected chi connectivity index (χ3v) is 5.22. The first-order valence-corrected chi connectivity index (χ1v) is 9.33. The molecule has 0 aromatic heterocycles. The molecule has 132 valence electrons. The minimum Gasteiger partial charge on any atom is -0.455 e. The predicted molar refractivity (Wildman–Crippen MR) is 102 cm³/mol. The fraction of sp³-hybridized carbons (Fsp3) is 0.375. The van der Waals surface area contributed by atoms with E-state index in [4.69, 9.17) is 33.8 Å². The number of nitrogens with one attached hydrogen (secondary N) is 1. The van der Waals surface area contributed by atoms with E-state index in [9.17, 15) is 9.59 Å². The first kappa shape index (κ1) is 19.5. The maximum atomic E-state index is 11.8. The zero-order chi connectivity index (χ0) is 18.2. The Hall–Kier alpha value is -1.82. The largest absolute Gasteiger partial charge is 0.455 e. The number of nitriles is 1. The summed E-state index contributed by atoms with van der Waals surface area (Å²) in [7, 11) is 0. The highest BCUT2D eigenvalue weighted by molar-refractivity contribution is 8.23. The number of nitrogens with zero attached hydrogens (tertiary/aromatic N) is 2. The van der Waals surface area contributed by atoms with Crippen molar-refractivity contribution >= 4 is 57.5 Å². The monoisotopic (exact) mass is 397 g/mol. The predicted octanol–water partition coefficient (Wildman–Crippen LogP) is 2.81. The van der Waals surface area contributed by atoms with Crippen molar-refractivity contribution in [3.63, 3.8) is 0 Å². The fourth-order valence-corrected chi connectivity index (χ4v) is 3.45. The van der Waals surface area contributed by atoms with Gasteiger partial charge in [0.15, 0.2) is 6.61 Å². The Morgan fingerprint density at radius 3 is 2.76 bits per heavy atom. The van der Waals surface area contributed by atoms with E-state index in [1.54, 1.807) is 6.07 Å². The molecule has 0 spiro atoms. The smallest absolute Gasteiger partial charge is 0.316 e. The lowest BCUT2D eigenvalue weighted by atomic mass is 10.2. The van der Waals surface area contributed by atoms with E-state index in [1.165, 1.54) is 23.9 Å². The molecule has 1 fully saturated rings. The summed E-state index contributed by atoms with van der Waals surface area (Å²) in [6.45, 7) is 1.46.